The van der Waals surface area contributed by atoms with Crippen molar-refractivity contribution in [3.8, 4) is 0 Å². The number of amides is 1. The Morgan fingerprint density at radius 2 is 2.26 bits per heavy atom. The number of carbonyl (C=O) groups excluding carboxylic acids is 1. The Labute approximate surface area is 109 Å². The minimum atomic E-state index is -0.296. The predicted molar refractivity (Wildman–Crippen MR) is 67.9 cm³/mol. The van der Waals surface area contributed by atoms with Gasteiger partial charge in [0.15, 0.2) is 11.6 Å². The van der Waals surface area contributed by atoms with E-state index in [4.69, 9.17) is 4.74 Å². The highest BCUT2D eigenvalue weighted by molar-refractivity contribution is 6.00. The van der Waals surface area contributed by atoms with Crippen molar-refractivity contribution >= 4 is 11.7 Å². The maximum absolute atomic E-state index is 11.8. The highest BCUT2D eigenvalue weighted by Crippen LogP contribution is 2.26. The summed E-state index contributed by atoms with van der Waals surface area (Å²) < 4.78 is 5.33. The standard InChI is InChI=1S/C12H15N5O2/c18-12(11-13-3-4-14-11)15-10-7-9(16-17-10)8-1-5-19-6-2-8/h3-4,7-8H,1-2,5-6H2,(H,13,14)(H2,15,16,17,18). The SMILES string of the molecule is O=C(Nc1cc(C2CCOCC2)[nH]n1)c1ncc[nH]1. The average molecular weight is 261 g/mol. The summed E-state index contributed by atoms with van der Waals surface area (Å²) in [6.45, 7) is 1.55. The Morgan fingerprint density at radius 3 is 3.00 bits per heavy atom. The largest absolute Gasteiger partial charge is 0.381 e. The molecular formula is C12H15N5O2. The molecule has 1 aliphatic rings. The van der Waals surface area contributed by atoms with Gasteiger partial charge in [0.25, 0.3) is 5.91 Å². The number of rotatable bonds is 3. The molecule has 100 valence electrons. The lowest BCUT2D eigenvalue weighted by Crippen LogP contribution is -2.14. The van der Waals surface area contributed by atoms with Gasteiger partial charge in [0.1, 0.15) is 0 Å². The summed E-state index contributed by atoms with van der Waals surface area (Å²) in [6, 6.07) is 1.87. The number of aromatic amines is 2. The van der Waals surface area contributed by atoms with Crippen LogP contribution in [0.3, 0.4) is 0 Å². The summed E-state index contributed by atoms with van der Waals surface area (Å²) in [5.74, 6) is 0.920. The molecule has 1 aliphatic heterocycles. The number of hydrogen-bond donors (Lipinski definition) is 3. The van der Waals surface area contributed by atoms with Crippen LogP contribution in [0.2, 0.25) is 0 Å². The summed E-state index contributed by atoms with van der Waals surface area (Å²) in [5.41, 5.74) is 1.04. The van der Waals surface area contributed by atoms with E-state index in [9.17, 15) is 4.79 Å². The zero-order valence-electron chi connectivity index (χ0n) is 10.3. The zero-order valence-corrected chi connectivity index (χ0v) is 10.3. The van der Waals surface area contributed by atoms with Crippen LogP contribution in [0.4, 0.5) is 5.82 Å². The van der Waals surface area contributed by atoms with Crippen molar-refractivity contribution < 1.29 is 9.53 Å². The molecule has 3 N–H and O–H groups in total. The minimum Gasteiger partial charge on any atom is -0.381 e. The van der Waals surface area contributed by atoms with Crippen molar-refractivity contribution in [1.29, 1.82) is 0 Å². The molecule has 1 amide bonds. The Balaban J connectivity index is 1.66. The molecule has 7 nitrogen and oxygen atoms in total. The molecule has 0 unspecified atom stereocenters. The van der Waals surface area contributed by atoms with Gasteiger partial charge in [0, 0.05) is 43.3 Å². The second kappa shape index (κ2) is 5.23. The van der Waals surface area contributed by atoms with E-state index in [0.29, 0.717) is 11.7 Å². The molecule has 7 heteroatoms. The van der Waals surface area contributed by atoms with Gasteiger partial charge in [-0.3, -0.25) is 9.89 Å². The summed E-state index contributed by atoms with van der Waals surface area (Å²) in [4.78, 5) is 18.4. The van der Waals surface area contributed by atoms with Crippen LogP contribution >= 0.6 is 0 Å². The molecular weight excluding hydrogens is 246 g/mol. The van der Waals surface area contributed by atoms with Crippen molar-refractivity contribution in [2.75, 3.05) is 18.5 Å². The van der Waals surface area contributed by atoms with Crippen LogP contribution in [0.25, 0.3) is 0 Å². The fourth-order valence-electron chi connectivity index (χ4n) is 2.18. The van der Waals surface area contributed by atoms with Gasteiger partial charge in [-0.1, -0.05) is 0 Å². The van der Waals surface area contributed by atoms with Crippen molar-refractivity contribution in [2.45, 2.75) is 18.8 Å². The number of carbonyl (C=O) groups is 1. The molecule has 3 rings (SSSR count). The van der Waals surface area contributed by atoms with Gasteiger partial charge < -0.3 is 15.0 Å². The van der Waals surface area contributed by atoms with Gasteiger partial charge in [-0.25, -0.2) is 4.98 Å². The second-order valence-corrected chi connectivity index (χ2v) is 4.49. The van der Waals surface area contributed by atoms with Crippen LogP contribution in [0.5, 0.6) is 0 Å². The molecule has 19 heavy (non-hydrogen) atoms. The highest BCUT2D eigenvalue weighted by Gasteiger charge is 2.19. The molecule has 0 radical (unpaired) electrons. The molecule has 0 atom stereocenters. The number of imidazole rings is 1. The number of nitrogens with one attached hydrogen (secondary N) is 3. The molecule has 0 saturated carbocycles. The summed E-state index contributed by atoms with van der Waals surface area (Å²) >= 11 is 0. The smallest absolute Gasteiger partial charge is 0.292 e. The monoisotopic (exact) mass is 261 g/mol. The van der Waals surface area contributed by atoms with Crippen molar-refractivity contribution in [3.63, 3.8) is 0 Å². The van der Waals surface area contributed by atoms with Gasteiger partial charge in [-0.2, -0.15) is 5.10 Å². The Morgan fingerprint density at radius 1 is 1.42 bits per heavy atom. The number of hydrogen-bond acceptors (Lipinski definition) is 4. The fraction of sp³-hybridized carbons (Fsp3) is 0.417. The Bertz CT molecular complexity index is 542. The first-order chi connectivity index (χ1) is 9.33. The first kappa shape index (κ1) is 11.9. The summed E-state index contributed by atoms with van der Waals surface area (Å²) in [5, 5.41) is 9.77. The first-order valence-corrected chi connectivity index (χ1v) is 6.27. The first-order valence-electron chi connectivity index (χ1n) is 6.27. The fourth-order valence-corrected chi connectivity index (χ4v) is 2.18. The normalized spacial score (nSPS) is 16.4. The highest BCUT2D eigenvalue weighted by atomic mass is 16.5. The lowest BCUT2D eigenvalue weighted by Gasteiger charge is -2.20. The maximum Gasteiger partial charge on any atom is 0.292 e. The van der Waals surface area contributed by atoms with E-state index < -0.39 is 0 Å². The summed E-state index contributed by atoms with van der Waals surface area (Å²) in [7, 11) is 0. The van der Waals surface area contributed by atoms with E-state index in [0.717, 1.165) is 31.7 Å². The van der Waals surface area contributed by atoms with Gasteiger partial charge in [-0.05, 0) is 12.8 Å². The molecule has 1 fully saturated rings. The second-order valence-electron chi connectivity index (χ2n) is 4.49. The Hall–Kier alpha value is -2.15. The molecule has 0 aliphatic carbocycles. The maximum atomic E-state index is 11.8. The van der Waals surface area contributed by atoms with Gasteiger partial charge >= 0.3 is 0 Å². The van der Waals surface area contributed by atoms with Crippen molar-refractivity contribution in [3.05, 3.63) is 30.0 Å². The third kappa shape index (κ3) is 2.65. The average Bonchev–Trinajstić information content (AvgIpc) is 3.11. The van der Waals surface area contributed by atoms with Crippen LogP contribution < -0.4 is 5.32 Å². The molecule has 2 aromatic heterocycles. The van der Waals surface area contributed by atoms with Crippen LogP contribution in [0, 0.1) is 0 Å². The molecule has 0 spiro atoms. The third-order valence-corrected chi connectivity index (χ3v) is 3.21. The van der Waals surface area contributed by atoms with Gasteiger partial charge in [0.05, 0.1) is 0 Å². The van der Waals surface area contributed by atoms with E-state index >= 15 is 0 Å². The van der Waals surface area contributed by atoms with E-state index in [1.807, 2.05) is 6.07 Å². The van der Waals surface area contributed by atoms with Crippen molar-refractivity contribution in [2.24, 2.45) is 0 Å². The van der Waals surface area contributed by atoms with E-state index in [1.54, 1.807) is 6.20 Å². The van der Waals surface area contributed by atoms with Gasteiger partial charge in [0.2, 0.25) is 0 Å². The number of nitrogens with zero attached hydrogens (tertiary/aromatic N) is 2. The number of aromatic nitrogens is 4. The number of anilines is 1. The molecule has 0 aromatic carbocycles. The Kier molecular flexibility index (Phi) is 3.28. The number of H-pyrrole nitrogens is 2. The third-order valence-electron chi connectivity index (χ3n) is 3.21. The van der Waals surface area contributed by atoms with Crippen molar-refractivity contribution in [1.82, 2.24) is 20.2 Å². The predicted octanol–water partition coefficient (Wildman–Crippen LogP) is 1.28. The molecule has 0 bridgehead atoms. The lowest BCUT2D eigenvalue weighted by atomic mass is 9.97. The topological polar surface area (TPSA) is 95.7 Å². The van der Waals surface area contributed by atoms with Crippen LogP contribution in [-0.4, -0.2) is 39.3 Å². The van der Waals surface area contributed by atoms with Gasteiger partial charge in [-0.15, -0.1) is 0 Å². The van der Waals surface area contributed by atoms with E-state index in [2.05, 4.69) is 25.5 Å². The molecule has 1 saturated heterocycles. The molecule has 3 heterocycles. The quantitative estimate of drug-likeness (QED) is 0.775. The van der Waals surface area contributed by atoms with Crippen LogP contribution in [-0.2, 0) is 4.74 Å². The lowest BCUT2D eigenvalue weighted by molar-refractivity contribution is 0.0845. The van der Waals surface area contributed by atoms with E-state index in [1.165, 1.54) is 6.20 Å². The summed E-state index contributed by atoms with van der Waals surface area (Å²) in [6.07, 6.45) is 5.10. The minimum absolute atomic E-state index is 0.274. The molecule has 2 aromatic rings. The number of ether oxygens (including phenoxy) is 1. The van der Waals surface area contributed by atoms with Crippen LogP contribution in [0.1, 0.15) is 35.1 Å². The van der Waals surface area contributed by atoms with E-state index in [-0.39, 0.29) is 11.7 Å². The van der Waals surface area contributed by atoms with Crippen LogP contribution in [0.15, 0.2) is 18.5 Å². The zero-order chi connectivity index (χ0) is 13.1.